The van der Waals surface area contributed by atoms with Gasteiger partial charge in [-0.15, -0.1) is 5.10 Å². The van der Waals surface area contributed by atoms with Crippen LogP contribution in [0.5, 0.6) is 0 Å². The van der Waals surface area contributed by atoms with Crippen LogP contribution in [0.25, 0.3) is 5.69 Å². The molecular formula is C23H24ClN7O2. The molecule has 9 nitrogen and oxygen atoms in total. The van der Waals surface area contributed by atoms with Crippen LogP contribution in [0.2, 0.25) is 5.02 Å². The molecule has 0 saturated carbocycles. The van der Waals surface area contributed by atoms with E-state index in [0.29, 0.717) is 31.2 Å². The molecule has 0 bridgehead atoms. The van der Waals surface area contributed by atoms with Crippen LogP contribution < -0.4 is 4.90 Å². The molecule has 2 aromatic carbocycles. The Morgan fingerprint density at radius 1 is 0.970 bits per heavy atom. The molecule has 3 heterocycles. The summed E-state index contributed by atoms with van der Waals surface area (Å²) in [7, 11) is 0. The number of hydrogen-bond donors (Lipinski definition) is 0. The van der Waals surface area contributed by atoms with Crippen LogP contribution in [0.3, 0.4) is 0 Å². The number of halogens is 1. The van der Waals surface area contributed by atoms with E-state index >= 15 is 0 Å². The number of carbonyl (C=O) groups excluding carboxylic acids is 2. The van der Waals surface area contributed by atoms with E-state index in [2.05, 4.69) is 20.4 Å². The third-order valence-electron chi connectivity index (χ3n) is 6.20. The zero-order valence-electron chi connectivity index (χ0n) is 18.0. The zero-order valence-corrected chi connectivity index (χ0v) is 18.8. The minimum atomic E-state index is -0.290. The average Bonchev–Trinajstić information content (AvgIpc) is 3.47. The van der Waals surface area contributed by atoms with Crippen molar-refractivity contribution >= 4 is 29.1 Å². The SMILES string of the molecule is O=C(C1CC(=O)N(c2ccccc2)C1)N1CCN(Cc2nnnn2-c2ccc(Cl)cc2)CC1. The predicted octanol–water partition coefficient (Wildman–Crippen LogP) is 2.01. The van der Waals surface area contributed by atoms with E-state index in [1.807, 2.05) is 47.4 Å². The average molecular weight is 466 g/mol. The Hall–Kier alpha value is -3.30. The Labute approximate surface area is 196 Å². The molecule has 2 fully saturated rings. The first kappa shape index (κ1) is 21.5. The Balaban J connectivity index is 1.17. The minimum absolute atomic E-state index is 0.00669. The van der Waals surface area contributed by atoms with Crippen LogP contribution >= 0.6 is 11.6 Å². The molecule has 0 radical (unpaired) electrons. The van der Waals surface area contributed by atoms with Gasteiger partial charge >= 0.3 is 0 Å². The largest absolute Gasteiger partial charge is 0.340 e. The molecule has 2 aliphatic heterocycles. The summed E-state index contributed by atoms with van der Waals surface area (Å²) in [5.41, 5.74) is 1.70. The van der Waals surface area contributed by atoms with Crippen LogP contribution in [-0.4, -0.2) is 74.5 Å². The maximum Gasteiger partial charge on any atom is 0.228 e. The molecule has 2 aliphatic rings. The summed E-state index contributed by atoms with van der Waals surface area (Å²) < 4.78 is 1.70. The summed E-state index contributed by atoms with van der Waals surface area (Å²) in [6, 6.07) is 16.9. The first-order valence-corrected chi connectivity index (χ1v) is 11.4. The number of amides is 2. The second-order valence-electron chi connectivity index (χ2n) is 8.33. The van der Waals surface area contributed by atoms with Crippen molar-refractivity contribution in [2.45, 2.75) is 13.0 Å². The fourth-order valence-corrected chi connectivity index (χ4v) is 4.53. The van der Waals surface area contributed by atoms with E-state index in [1.54, 1.807) is 21.7 Å². The number of hydrogen-bond acceptors (Lipinski definition) is 6. The maximum absolute atomic E-state index is 13.1. The summed E-state index contributed by atoms with van der Waals surface area (Å²) in [6.45, 7) is 3.72. The van der Waals surface area contributed by atoms with Gasteiger partial charge in [0.1, 0.15) is 0 Å². The van der Waals surface area contributed by atoms with E-state index in [9.17, 15) is 9.59 Å². The number of piperazine rings is 1. The van der Waals surface area contributed by atoms with Crippen molar-refractivity contribution in [3.8, 4) is 5.69 Å². The molecule has 170 valence electrons. The maximum atomic E-state index is 13.1. The first-order valence-electron chi connectivity index (χ1n) is 11.0. The molecule has 0 N–H and O–H groups in total. The van der Waals surface area contributed by atoms with Crippen molar-refractivity contribution in [2.75, 3.05) is 37.6 Å². The number of carbonyl (C=O) groups is 2. The third kappa shape index (κ3) is 4.60. The van der Waals surface area contributed by atoms with Gasteiger partial charge in [0.2, 0.25) is 11.8 Å². The molecule has 1 unspecified atom stereocenters. The zero-order chi connectivity index (χ0) is 22.8. The van der Waals surface area contributed by atoms with Gasteiger partial charge in [-0.05, 0) is 46.8 Å². The molecule has 3 aromatic rings. The molecule has 2 saturated heterocycles. The number of tetrazole rings is 1. The monoisotopic (exact) mass is 465 g/mol. The van der Waals surface area contributed by atoms with Crippen LogP contribution in [0.15, 0.2) is 54.6 Å². The lowest BCUT2D eigenvalue weighted by Gasteiger charge is -2.35. The van der Waals surface area contributed by atoms with Gasteiger partial charge in [0.25, 0.3) is 0 Å². The fourth-order valence-electron chi connectivity index (χ4n) is 4.40. The number of para-hydroxylation sites is 1. The Morgan fingerprint density at radius 2 is 1.70 bits per heavy atom. The van der Waals surface area contributed by atoms with Crippen LogP contribution in [0.1, 0.15) is 12.2 Å². The number of anilines is 1. The standard InChI is InChI=1S/C23H24ClN7O2/c24-18-6-8-20(9-7-18)31-21(25-26-27-31)16-28-10-12-29(13-11-28)23(33)17-14-22(32)30(15-17)19-4-2-1-3-5-19/h1-9,17H,10-16H2. The first-order chi connectivity index (χ1) is 16.1. The summed E-state index contributed by atoms with van der Waals surface area (Å²) in [4.78, 5) is 31.4. The molecular weight excluding hydrogens is 442 g/mol. The minimum Gasteiger partial charge on any atom is -0.340 e. The second kappa shape index (κ2) is 9.29. The number of aromatic nitrogens is 4. The third-order valence-corrected chi connectivity index (χ3v) is 6.45. The van der Waals surface area contributed by atoms with E-state index < -0.39 is 0 Å². The molecule has 10 heteroatoms. The highest BCUT2D eigenvalue weighted by molar-refractivity contribution is 6.30. The summed E-state index contributed by atoms with van der Waals surface area (Å²) in [6.07, 6.45) is 0.268. The summed E-state index contributed by atoms with van der Waals surface area (Å²) >= 11 is 5.98. The molecule has 0 aliphatic carbocycles. The van der Waals surface area contributed by atoms with Gasteiger partial charge in [0.15, 0.2) is 5.82 Å². The Morgan fingerprint density at radius 3 is 2.42 bits per heavy atom. The summed E-state index contributed by atoms with van der Waals surface area (Å²) in [5.74, 6) is 0.512. The van der Waals surface area contributed by atoms with Crippen LogP contribution in [0, 0.1) is 5.92 Å². The van der Waals surface area contributed by atoms with Crippen LogP contribution in [-0.2, 0) is 16.1 Å². The van der Waals surface area contributed by atoms with E-state index in [4.69, 9.17) is 11.6 Å². The second-order valence-corrected chi connectivity index (χ2v) is 8.76. The van der Waals surface area contributed by atoms with Crippen molar-refractivity contribution in [3.63, 3.8) is 0 Å². The molecule has 5 rings (SSSR count). The topological polar surface area (TPSA) is 87.5 Å². The number of nitrogens with zero attached hydrogens (tertiary/aromatic N) is 7. The highest BCUT2D eigenvalue weighted by Crippen LogP contribution is 2.26. The fraction of sp³-hybridized carbons (Fsp3) is 0.348. The normalized spacial score (nSPS) is 19.3. The lowest BCUT2D eigenvalue weighted by molar-refractivity contribution is -0.137. The highest BCUT2D eigenvalue weighted by atomic mass is 35.5. The lowest BCUT2D eigenvalue weighted by atomic mass is 10.1. The van der Waals surface area contributed by atoms with Gasteiger partial charge in [-0.2, -0.15) is 4.68 Å². The Bertz CT molecular complexity index is 1130. The van der Waals surface area contributed by atoms with E-state index in [1.165, 1.54) is 0 Å². The van der Waals surface area contributed by atoms with Gasteiger partial charge in [-0.1, -0.05) is 29.8 Å². The number of rotatable bonds is 5. The van der Waals surface area contributed by atoms with Crippen molar-refractivity contribution in [1.82, 2.24) is 30.0 Å². The molecule has 33 heavy (non-hydrogen) atoms. The van der Waals surface area contributed by atoms with Gasteiger partial charge in [0, 0.05) is 49.9 Å². The Kier molecular flexibility index (Phi) is 6.06. The van der Waals surface area contributed by atoms with Crippen molar-refractivity contribution in [2.24, 2.45) is 5.92 Å². The molecule has 2 amide bonds. The highest BCUT2D eigenvalue weighted by Gasteiger charge is 2.38. The summed E-state index contributed by atoms with van der Waals surface area (Å²) in [5, 5.41) is 12.8. The molecule has 1 aromatic heterocycles. The van der Waals surface area contributed by atoms with Gasteiger partial charge < -0.3 is 9.80 Å². The van der Waals surface area contributed by atoms with Gasteiger partial charge in [-0.3, -0.25) is 14.5 Å². The van der Waals surface area contributed by atoms with Crippen LogP contribution in [0.4, 0.5) is 5.69 Å². The molecule has 0 spiro atoms. The van der Waals surface area contributed by atoms with E-state index in [-0.39, 0.29) is 24.2 Å². The quantitative estimate of drug-likeness (QED) is 0.573. The predicted molar refractivity (Wildman–Crippen MR) is 123 cm³/mol. The smallest absolute Gasteiger partial charge is 0.228 e. The van der Waals surface area contributed by atoms with Crippen molar-refractivity contribution in [1.29, 1.82) is 0 Å². The van der Waals surface area contributed by atoms with E-state index in [0.717, 1.165) is 30.3 Å². The van der Waals surface area contributed by atoms with Crippen molar-refractivity contribution in [3.05, 3.63) is 65.4 Å². The van der Waals surface area contributed by atoms with Crippen molar-refractivity contribution < 1.29 is 9.59 Å². The van der Waals surface area contributed by atoms with Gasteiger partial charge in [-0.25, -0.2) is 0 Å². The lowest BCUT2D eigenvalue weighted by Crippen LogP contribution is -2.50. The number of benzene rings is 2. The molecule has 1 atom stereocenters. The van der Waals surface area contributed by atoms with Gasteiger partial charge in [0.05, 0.1) is 18.2 Å².